The zero-order valence-corrected chi connectivity index (χ0v) is 17.0. The summed E-state index contributed by atoms with van der Waals surface area (Å²) in [6.07, 6.45) is 5.99. The number of hydrogen-bond donors (Lipinski definition) is 0. The van der Waals surface area contributed by atoms with Gasteiger partial charge in [-0.1, -0.05) is 44.0 Å². The predicted molar refractivity (Wildman–Crippen MR) is 117 cm³/mol. The molecule has 1 saturated heterocycles. The lowest BCUT2D eigenvalue weighted by atomic mass is 9.72. The van der Waals surface area contributed by atoms with E-state index >= 15 is 0 Å². The van der Waals surface area contributed by atoms with Crippen LogP contribution in [0, 0.1) is 11.8 Å². The van der Waals surface area contributed by atoms with Crippen LogP contribution in [0.2, 0.25) is 0 Å². The number of rotatable bonds is 2. The highest BCUT2D eigenvalue weighted by Crippen LogP contribution is 2.39. The molecule has 29 heavy (non-hydrogen) atoms. The number of likely N-dealkylation sites (tertiary alicyclic amines) is 1. The second kappa shape index (κ2) is 7.33. The lowest BCUT2D eigenvalue weighted by Crippen LogP contribution is -2.53. The van der Waals surface area contributed by atoms with Crippen molar-refractivity contribution in [2.45, 2.75) is 51.6 Å². The number of amides is 1. The van der Waals surface area contributed by atoms with Gasteiger partial charge in [-0.25, -0.2) is 0 Å². The van der Waals surface area contributed by atoms with Crippen LogP contribution in [0.4, 0.5) is 0 Å². The molecule has 5 rings (SSSR count). The number of piperidine rings is 1. The lowest BCUT2D eigenvalue weighted by Gasteiger charge is -2.47. The Labute approximate surface area is 171 Å². The Hall–Kier alpha value is -2.62. The van der Waals surface area contributed by atoms with E-state index in [1.807, 2.05) is 53.1 Å². The maximum Gasteiger partial charge on any atom is 0.242 e. The van der Waals surface area contributed by atoms with E-state index < -0.39 is 0 Å². The highest BCUT2D eigenvalue weighted by Gasteiger charge is 2.39. The Bertz CT molecular complexity index is 1070. The van der Waals surface area contributed by atoms with E-state index in [1.165, 1.54) is 19.3 Å². The fraction of sp³-hybridized carbons (Fsp3) is 0.440. The molecule has 1 aliphatic heterocycles. The number of fused-ring (bicyclic) bond motifs is 3. The fourth-order valence-electron chi connectivity index (χ4n) is 5.70. The topological polar surface area (TPSA) is 42.3 Å². The van der Waals surface area contributed by atoms with Gasteiger partial charge < -0.3 is 9.47 Å². The van der Waals surface area contributed by atoms with Gasteiger partial charge in [0.05, 0.1) is 11.0 Å². The molecule has 1 aliphatic carbocycles. The molecule has 3 atom stereocenters. The van der Waals surface area contributed by atoms with Gasteiger partial charge in [0.1, 0.15) is 6.54 Å². The number of carbonyl (C=O) groups excluding carboxylic acids is 1. The molecule has 2 aliphatic rings. The Morgan fingerprint density at radius 1 is 0.931 bits per heavy atom. The van der Waals surface area contributed by atoms with Crippen molar-refractivity contribution >= 4 is 27.7 Å². The van der Waals surface area contributed by atoms with Crippen LogP contribution >= 0.6 is 0 Å². The summed E-state index contributed by atoms with van der Waals surface area (Å²) in [5.74, 6) is 1.54. The van der Waals surface area contributed by atoms with Gasteiger partial charge in [-0.2, -0.15) is 0 Å². The largest absolute Gasteiger partial charge is 0.338 e. The van der Waals surface area contributed by atoms with Crippen molar-refractivity contribution in [2.24, 2.45) is 11.8 Å². The third kappa shape index (κ3) is 3.06. The van der Waals surface area contributed by atoms with Gasteiger partial charge in [0, 0.05) is 23.4 Å². The van der Waals surface area contributed by atoms with Crippen molar-refractivity contribution in [3.63, 3.8) is 0 Å². The minimum Gasteiger partial charge on any atom is -0.338 e. The summed E-state index contributed by atoms with van der Waals surface area (Å²) in [6, 6.07) is 15.7. The molecule has 3 unspecified atom stereocenters. The Morgan fingerprint density at radius 2 is 1.55 bits per heavy atom. The van der Waals surface area contributed by atoms with E-state index in [9.17, 15) is 9.59 Å². The third-order valence-electron chi connectivity index (χ3n) is 7.23. The number of aromatic nitrogens is 1. The third-order valence-corrected chi connectivity index (χ3v) is 7.23. The highest BCUT2D eigenvalue weighted by atomic mass is 16.2. The normalized spacial score (nSPS) is 24.6. The quantitative estimate of drug-likeness (QED) is 0.603. The Kier molecular flexibility index (Phi) is 4.65. The summed E-state index contributed by atoms with van der Waals surface area (Å²) < 4.78 is 2.05. The Balaban J connectivity index is 1.57. The second-order valence-corrected chi connectivity index (χ2v) is 8.82. The second-order valence-electron chi connectivity index (χ2n) is 8.82. The fourth-order valence-corrected chi connectivity index (χ4v) is 5.70. The van der Waals surface area contributed by atoms with Crippen LogP contribution in [0.5, 0.6) is 0 Å². The SMILES string of the molecule is CC1CCN(C(=O)Cn2c3ccccc3c(=O)c3ccccc32)C2CCCCC12. The number of pyridine rings is 1. The van der Waals surface area contributed by atoms with Crippen LogP contribution in [0.25, 0.3) is 21.8 Å². The first-order valence-corrected chi connectivity index (χ1v) is 10.9. The monoisotopic (exact) mass is 388 g/mol. The summed E-state index contributed by atoms with van der Waals surface area (Å²) >= 11 is 0. The van der Waals surface area contributed by atoms with Gasteiger partial charge in [-0.05, 0) is 55.4 Å². The smallest absolute Gasteiger partial charge is 0.242 e. The van der Waals surface area contributed by atoms with Gasteiger partial charge in [0.2, 0.25) is 5.91 Å². The zero-order chi connectivity index (χ0) is 20.0. The summed E-state index contributed by atoms with van der Waals surface area (Å²) in [5.41, 5.74) is 1.73. The van der Waals surface area contributed by atoms with E-state index in [1.54, 1.807) is 0 Å². The van der Waals surface area contributed by atoms with Crippen LogP contribution in [0.1, 0.15) is 39.0 Å². The van der Waals surface area contributed by atoms with Crippen LogP contribution in [0.3, 0.4) is 0 Å². The van der Waals surface area contributed by atoms with Crippen molar-refractivity contribution in [3.05, 3.63) is 58.8 Å². The van der Waals surface area contributed by atoms with E-state index in [0.717, 1.165) is 30.4 Å². The summed E-state index contributed by atoms with van der Waals surface area (Å²) in [7, 11) is 0. The van der Waals surface area contributed by atoms with Crippen molar-refractivity contribution in [1.29, 1.82) is 0 Å². The molecule has 2 fully saturated rings. The minimum absolute atomic E-state index is 0.0408. The number of nitrogens with zero attached hydrogens (tertiary/aromatic N) is 2. The molecule has 2 heterocycles. The molecule has 0 bridgehead atoms. The Morgan fingerprint density at radius 3 is 2.24 bits per heavy atom. The number of hydrogen-bond acceptors (Lipinski definition) is 2. The van der Waals surface area contributed by atoms with Crippen LogP contribution in [-0.2, 0) is 11.3 Å². The maximum atomic E-state index is 13.5. The van der Waals surface area contributed by atoms with Gasteiger partial charge in [-0.15, -0.1) is 0 Å². The molecule has 4 heteroatoms. The van der Waals surface area contributed by atoms with E-state index in [4.69, 9.17) is 0 Å². The molecule has 0 spiro atoms. The zero-order valence-electron chi connectivity index (χ0n) is 17.0. The van der Waals surface area contributed by atoms with Crippen LogP contribution in [0.15, 0.2) is 53.3 Å². The summed E-state index contributed by atoms with van der Waals surface area (Å²) in [5, 5.41) is 1.36. The summed E-state index contributed by atoms with van der Waals surface area (Å²) in [6.45, 7) is 3.50. The van der Waals surface area contributed by atoms with Crippen molar-refractivity contribution in [1.82, 2.24) is 9.47 Å². The molecule has 2 aromatic carbocycles. The van der Waals surface area contributed by atoms with Crippen LogP contribution < -0.4 is 5.43 Å². The standard InChI is InChI=1S/C25H28N2O2/c1-17-14-15-26(21-11-5-2-8-18(17)21)24(28)16-27-22-12-6-3-9-19(22)25(29)20-10-4-7-13-23(20)27/h3-4,6-7,9-10,12-13,17-18,21H,2,5,8,11,14-16H2,1H3. The van der Waals surface area contributed by atoms with Gasteiger partial charge in [0.15, 0.2) is 5.43 Å². The number of benzene rings is 2. The first kappa shape index (κ1) is 18.4. The molecule has 1 amide bonds. The average molecular weight is 389 g/mol. The van der Waals surface area contributed by atoms with Gasteiger partial charge in [0.25, 0.3) is 0 Å². The van der Waals surface area contributed by atoms with Crippen LogP contribution in [-0.4, -0.2) is 28.0 Å². The van der Waals surface area contributed by atoms with Crippen molar-refractivity contribution in [2.75, 3.05) is 6.54 Å². The van der Waals surface area contributed by atoms with Gasteiger partial charge >= 0.3 is 0 Å². The van der Waals surface area contributed by atoms with Gasteiger partial charge in [-0.3, -0.25) is 9.59 Å². The maximum absolute atomic E-state index is 13.5. The van der Waals surface area contributed by atoms with E-state index in [0.29, 0.717) is 35.2 Å². The molecule has 3 aromatic rings. The first-order valence-electron chi connectivity index (χ1n) is 10.9. The van der Waals surface area contributed by atoms with E-state index in [-0.39, 0.29) is 11.3 Å². The molecule has 150 valence electrons. The molecular formula is C25H28N2O2. The lowest BCUT2D eigenvalue weighted by molar-refractivity contribution is -0.139. The molecule has 4 nitrogen and oxygen atoms in total. The highest BCUT2D eigenvalue weighted by molar-refractivity contribution is 5.94. The molecule has 1 saturated carbocycles. The molecule has 1 aromatic heterocycles. The first-order chi connectivity index (χ1) is 14.1. The number of carbonyl (C=O) groups is 1. The molecule has 0 radical (unpaired) electrons. The summed E-state index contributed by atoms with van der Waals surface area (Å²) in [4.78, 5) is 28.6. The van der Waals surface area contributed by atoms with E-state index in [2.05, 4.69) is 11.8 Å². The average Bonchev–Trinajstić information content (AvgIpc) is 2.77. The van der Waals surface area contributed by atoms with Crippen molar-refractivity contribution < 1.29 is 4.79 Å². The minimum atomic E-state index is 0.0408. The molecular weight excluding hydrogens is 360 g/mol. The van der Waals surface area contributed by atoms with Crippen molar-refractivity contribution in [3.8, 4) is 0 Å². The predicted octanol–water partition coefficient (Wildman–Crippen LogP) is 4.58. The number of para-hydroxylation sites is 2. The molecule has 0 N–H and O–H groups in total.